The lowest BCUT2D eigenvalue weighted by Crippen LogP contribution is -2.56. The standard InChI is InChI=1S/C22H25F3N6O2/c1-21(2,33)13-10-30(11-13)18-17-9-26-31(15-5-3-4-12(6-15)22(23,24)25)19(17)29-20(28-18)27-14-7-16(32)8-14/h3-6,9,13-14,16,32-33H,7-8,10-11H2,1-2H3,(H,27,28,29). The molecule has 2 aliphatic rings. The van der Waals surface area contributed by atoms with Crippen LogP contribution in [0.5, 0.6) is 0 Å². The zero-order valence-electron chi connectivity index (χ0n) is 18.2. The summed E-state index contributed by atoms with van der Waals surface area (Å²) in [6.07, 6.45) is -2.12. The number of nitrogens with zero attached hydrogens (tertiary/aromatic N) is 5. The fourth-order valence-corrected chi connectivity index (χ4v) is 4.19. The summed E-state index contributed by atoms with van der Waals surface area (Å²) in [5, 5.41) is 28.0. The molecule has 1 aromatic carbocycles. The Morgan fingerprint density at radius 3 is 2.48 bits per heavy atom. The molecule has 33 heavy (non-hydrogen) atoms. The molecule has 0 spiro atoms. The smallest absolute Gasteiger partial charge is 0.393 e. The van der Waals surface area contributed by atoms with Gasteiger partial charge >= 0.3 is 6.18 Å². The number of hydrogen-bond acceptors (Lipinski definition) is 7. The summed E-state index contributed by atoms with van der Waals surface area (Å²) in [4.78, 5) is 11.2. The molecule has 0 atom stereocenters. The van der Waals surface area contributed by atoms with Crippen molar-refractivity contribution >= 4 is 22.8 Å². The number of alkyl halides is 3. The summed E-state index contributed by atoms with van der Waals surface area (Å²) >= 11 is 0. The molecule has 0 bridgehead atoms. The topological polar surface area (TPSA) is 99.3 Å². The Hall–Kier alpha value is -2.92. The van der Waals surface area contributed by atoms with Crippen molar-refractivity contribution < 1.29 is 23.4 Å². The van der Waals surface area contributed by atoms with Gasteiger partial charge in [-0.05, 0) is 44.9 Å². The van der Waals surface area contributed by atoms with Gasteiger partial charge in [-0.3, -0.25) is 0 Å². The van der Waals surface area contributed by atoms with Gasteiger partial charge in [0.05, 0.1) is 34.5 Å². The molecule has 11 heteroatoms. The Balaban J connectivity index is 1.55. The summed E-state index contributed by atoms with van der Waals surface area (Å²) in [6, 6.07) is 4.97. The van der Waals surface area contributed by atoms with Crippen LogP contribution < -0.4 is 10.2 Å². The highest BCUT2D eigenvalue weighted by atomic mass is 19.4. The minimum Gasteiger partial charge on any atom is -0.393 e. The largest absolute Gasteiger partial charge is 0.416 e. The average Bonchev–Trinajstić information content (AvgIpc) is 3.08. The molecule has 0 unspecified atom stereocenters. The Kier molecular flexibility index (Phi) is 5.02. The van der Waals surface area contributed by atoms with E-state index in [2.05, 4.69) is 20.4 Å². The highest BCUT2D eigenvalue weighted by molar-refractivity contribution is 5.89. The van der Waals surface area contributed by atoms with E-state index >= 15 is 0 Å². The van der Waals surface area contributed by atoms with Crippen molar-refractivity contribution in [3.05, 3.63) is 36.0 Å². The number of hydrogen-bond donors (Lipinski definition) is 3. The van der Waals surface area contributed by atoms with Gasteiger partial charge in [0.2, 0.25) is 5.95 Å². The molecule has 2 aromatic heterocycles. The quantitative estimate of drug-likeness (QED) is 0.536. The van der Waals surface area contributed by atoms with Gasteiger partial charge in [0.25, 0.3) is 0 Å². The van der Waals surface area contributed by atoms with Crippen molar-refractivity contribution in [2.45, 2.75) is 50.6 Å². The molecule has 5 rings (SSSR count). The van der Waals surface area contributed by atoms with Crippen LogP contribution >= 0.6 is 0 Å². The maximum absolute atomic E-state index is 13.3. The van der Waals surface area contributed by atoms with Crippen LogP contribution in [-0.4, -0.2) is 60.8 Å². The predicted octanol–water partition coefficient (Wildman–Crippen LogP) is 2.98. The molecule has 3 heterocycles. The monoisotopic (exact) mass is 462 g/mol. The third kappa shape index (κ3) is 4.10. The van der Waals surface area contributed by atoms with Crippen molar-refractivity contribution in [1.82, 2.24) is 19.7 Å². The van der Waals surface area contributed by atoms with E-state index in [1.807, 2.05) is 4.90 Å². The lowest BCUT2D eigenvalue weighted by Gasteiger charge is -2.46. The fraction of sp³-hybridized carbons (Fsp3) is 0.500. The zero-order chi connectivity index (χ0) is 23.5. The Labute approximate surface area is 188 Å². The number of aromatic nitrogens is 4. The van der Waals surface area contributed by atoms with Gasteiger partial charge in [-0.15, -0.1) is 0 Å². The Morgan fingerprint density at radius 2 is 1.85 bits per heavy atom. The number of nitrogens with one attached hydrogen (secondary N) is 1. The number of aliphatic hydroxyl groups excluding tert-OH is 1. The van der Waals surface area contributed by atoms with Crippen molar-refractivity contribution in [2.75, 3.05) is 23.3 Å². The van der Waals surface area contributed by atoms with Gasteiger partial charge in [-0.2, -0.15) is 28.2 Å². The minimum atomic E-state index is -4.47. The molecule has 176 valence electrons. The van der Waals surface area contributed by atoms with Crippen LogP contribution in [0.15, 0.2) is 30.5 Å². The van der Waals surface area contributed by atoms with Crippen LogP contribution in [-0.2, 0) is 6.18 Å². The molecule has 1 saturated heterocycles. The van der Waals surface area contributed by atoms with Gasteiger partial charge in [0, 0.05) is 25.0 Å². The van der Waals surface area contributed by atoms with Crippen molar-refractivity contribution in [1.29, 1.82) is 0 Å². The van der Waals surface area contributed by atoms with Gasteiger partial charge in [-0.25, -0.2) is 4.68 Å². The van der Waals surface area contributed by atoms with Crippen LogP contribution in [0.4, 0.5) is 24.9 Å². The lowest BCUT2D eigenvalue weighted by atomic mass is 9.84. The van der Waals surface area contributed by atoms with Crippen molar-refractivity contribution in [3.63, 3.8) is 0 Å². The van der Waals surface area contributed by atoms with Gasteiger partial charge in [-0.1, -0.05) is 6.07 Å². The van der Waals surface area contributed by atoms with Crippen molar-refractivity contribution in [3.8, 4) is 5.69 Å². The van der Waals surface area contributed by atoms with E-state index in [4.69, 9.17) is 0 Å². The molecular weight excluding hydrogens is 437 g/mol. The molecule has 8 nitrogen and oxygen atoms in total. The second-order valence-corrected chi connectivity index (χ2v) is 9.43. The highest BCUT2D eigenvalue weighted by Gasteiger charge is 2.39. The fourth-order valence-electron chi connectivity index (χ4n) is 4.19. The first-order chi connectivity index (χ1) is 15.5. The van der Waals surface area contributed by atoms with Crippen LogP contribution in [0.25, 0.3) is 16.7 Å². The first-order valence-electron chi connectivity index (χ1n) is 10.8. The first kappa shape index (κ1) is 21.9. The molecule has 2 fully saturated rings. The maximum atomic E-state index is 13.3. The predicted molar refractivity (Wildman–Crippen MR) is 116 cm³/mol. The van der Waals surface area contributed by atoms with Crippen LogP contribution in [0.1, 0.15) is 32.3 Å². The summed E-state index contributed by atoms with van der Waals surface area (Å²) in [6.45, 7) is 4.72. The van der Waals surface area contributed by atoms with Crippen molar-refractivity contribution in [2.24, 2.45) is 5.92 Å². The summed E-state index contributed by atoms with van der Waals surface area (Å²) in [5.74, 6) is 1.01. The van der Waals surface area contributed by atoms with Crippen LogP contribution in [0.2, 0.25) is 0 Å². The number of anilines is 2. The van der Waals surface area contributed by atoms with E-state index in [9.17, 15) is 23.4 Å². The number of fused-ring (bicyclic) bond motifs is 1. The van der Waals surface area contributed by atoms with Gasteiger partial charge in [0.15, 0.2) is 5.65 Å². The van der Waals surface area contributed by atoms with Gasteiger partial charge in [0.1, 0.15) is 5.82 Å². The van der Waals surface area contributed by atoms with Crippen LogP contribution in [0, 0.1) is 5.92 Å². The molecule has 1 saturated carbocycles. The van der Waals surface area contributed by atoms with E-state index in [0.29, 0.717) is 48.7 Å². The molecule has 3 aromatic rings. The van der Waals surface area contributed by atoms with E-state index < -0.39 is 17.3 Å². The second kappa shape index (κ2) is 7.56. The molecule has 1 aliphatic carbocycles. The van der Waals surface area contributed by atoms with E-state index in [1.54, 1.807) is 26.1 Å². The minimum absolute atomic E-state index is 0.0238. The average molecular weight is 462 g/mol. The summed E-state index contributed by atoms with van der Waals surface area (Å²) < 4.78 is 41.1. The molecule has 3 N–H and O–H groups in total. The number of benzene rings is 1. The zero-order valence-corrected chi connectivity index (χ0v) is 18.2. The summed E-state index contributed by atoms with van der Waals surface area (Å²) in [5.41, 5.74) is -0.968. The molecule has 1 aliphatic heterocycles. The van der Waals surface area contributed by atoms with E-state index in [-0.39, 0.29) is 23.8 Å². The number of aliphatic hydroxyl groups is 2. The second-order valence-electron chi connectivity index (χ2n) is 9.43. The van der Waals surface area contributed by atoms with E-state index in [0.717, 1.165) is 12.1 Å². The number of halogens is 3. The SMILES string of the molecule is CC(C)(O)C1CN(c2nc(NC3CC(O)C3)nc3c2cnn3-c2cccc(C(F)(F)F)c2)C1. The van der Waals surface area contributed by atoms with Crippen LogP contribution in [0.3, 0.4) is 0 Å². The van der Waals surface area contributed by atoms with Gasteiger partial charge < -0.3 is 20.4 Å². The third-order valence-electron chi connectivity index (χ3n) is 6.45. The molecule has 0 radical (unpaired) electrons. The number of rotatable bonds is 5. The third-order valence-corrected chi connectivity index (χ3v) is 6.45. The Bertz CT molecular complexity index is 1180. The highest BCUT2D eigenvalue weighted by Crippen LogP contribution is 2.36. The molecule has 0 amide bonds. The normalized spacial score (nSPS) is 21.7. The van der Waals surface area contributed by atoms with E-state index in [1.165, 1.54) is 10.7 Å². The molecular formula is C22H25F3N6O2. The Morgan fingerprint density at radius 1 is 1.12 bits per heavy atom. The maximum Gasteiger partial charge on any atom is 0.416 e. The summed E-state index contributed by atoms with van der Waals surface area (Å²) in [7, 11) is 0. The lowest BCUT2D eigenvalue weighted by molar-refractivity contribution is -0.137. The first-order valence-corrected chi connectivity index (χ1v) is 10.8.